The summed E-state index contributed by atoms with van der Waals surface area (Å²) in [7, 11) is -3.89. The molecule has 2 heterocycles. The van der Waals surface area contributed by atoms with Crippen molar-refractivity contribution in [2.45, 2.75) is 24.8 Å². The zero-order valence-corrected chi connectivity index (χ0v) is 18.1. The summed E-state index contributed by atoms with van der Waals surface area (Å²) >= 11 is 13.7. The summed E-state index contributed by atoms with van der Waals surface area (Å²) in [6.07, 6.45) is 0.796. The molecular formula is C17H18Cl2N2O5S2. The Morgan fingerprint density at radius 2 is 2.00 bits per heavy atom. The average molecular weight is 465 g/mol. The summed E-state index contributed by atoms with van der Waals surface area (Å²) in [5.41, 5.74) is 0.560. The molecule has 2 aromatic rings. The highest BCUT2D eigenvalue weighted by Crippen LogP contribution is 2.31. The summed E-state index contributed by atoms with van der Waals surface area (Å²) in [5, 5.41) is 2.71. The molecule has 28 heavy (non-hydrogen) atoms. The van der Waals surface area contributed by atoms with Crippen LogP contribution in [0.15, 0.2) is 22.4 Å². The molecule has 1 aromatic heterocycles. The van der Waals surface area contributed by atoms with Gasteiger partial charge in [-0.15, -0.1) is 11.3 Å². The van der Waals surface area contributed by atoms with Gasteiger partial charge in [-0.3, -0.25) is 0 Å². The van der Waals surface area contributed by atoms with Crippen molar-refractivity contribution in [3.63, 3.8) is 0 Å². The molecule has 1 fully saturated rings. The topological polar surface area (TPSA) is 85.8 Å². The number of hydrogen-bond acceptors (Lipinski definition) is 7. The quantitative estimate of drug-likeness (QED) is 0.608. The van der Waals surface area contributed by atoms with Crippen LogP contribution in [0.25, 0.3) is 0 Å². The number of morpholine rings is 1. The van der Waals surface area contributed by atoms with Crippen molar-refractivity contribution < 1.29 is 22.7 Å². The van der Waals surface area contributed by atoms with E-state index < -0.39 is 16.0 Å². The molecule has 0 N–H and O–H groups in total. The third-order valence-electron chi connectivity index (χ3n) is 4.08. The second-order valence-corrected chi connectivity index (χ2v) is 9.60. The van der Waals surface area contributed by atoms with Crippen LogP contribution in [-0.2, 0) is 32.5 Å². The van der Waals surface area contributed by atoms with E-state index in [2.05, 4.69) is 4.98 Å². The van der Waals surface area contributed by atoms with Gasteiger partial charge in [-0.25, -0.2) is 18.2 Å². The third kappa shape index (κ3) is 4.67. The maximum absolute atomic E-state index is 12.9. The van der Waals surface area contributed by atoms with E-state index in [-0.39, 0.29) is 40.2 Å². The highest BCUT2D eigenvalue weighted by molar-refractivity contribution is 7.89. The molecule has 0 aliphatic carbocycles. The van der Waals surface area contributed by atoms with Crippen LogP contribution in [0, 0.1) is 0 Å². The molecule has 11 heteroatoms. The monoisotopic (exact) mass is 464 g/mol. The molecule has 0 saturated carbocycles. The van der Waals surface area contributed by atoms with Crippen molar-refractivity contribution in [2.24, 2.45) is 0 Å². The van der Waals surface area contributed by atoms with E-state index in [0.29, 0.717) is 18.9 Å². The maximum Gasteiger partial charge on any atom is 0.340 e. The fourth-order valence-corrected chi connectivity index (χ4v) is 5.57. The molecule has 0 amide bonds. The number of rotatable bonds is 6. The Morgan fingerprint density at radius 3 is 2.64 bits per heavy atom. The van der Waals surface area contributed by atoms with Crippen molar-refractivity contribution in [3.05, 3.63) is 43.8 Å². The first-order valence-electron chi connectivity index (χ1n) is 8.50. The minimum atomic E-state index is -3.89. The van der Waals surface area contributed by atoms with Crippen molar-refractivity contribution in [2.75, 3.05) is 26.3 Å². The van der Waals surface area contributed by atoms with Crippen molar-refractivity contribution in [1.82, 2.24) is 9.29 Å². The Bertz CT molecular complexity index is 972. The largest absolute Gasteiger partial charge is 0.456 e. The predicted molar refractivity (Wildman–Crippen MR) is 107 cm³/mol. The van der Waals surface area contributed by atoms with Crippen LogP contribution < -0.4 is 0 Å². The molecule has 0 spiro atoms. The standard InChI is InChI=1S/C17H18Cl2N2O5S2/c1-2-16-20-11(10-27-16)9-26-17(22)12-7-15(14(19)8-13(12)18)28(23,24)21-3-5-25-6-4-21/h7-8,10H,2-6,9H2,1H3. The molecule has 152 valence electrons. The van der Waals surface area contributed by atoms with Gasteiger partial charge in [-0.2, -0.15) is 4.31 Å². The van der Waals surface area contributed by atoms with Gasteiger partial charge in [0.25, 0.3) is 0 Å². The summed E-state index contributed by atoms with van der Waals surface area (Å²) in [6.45, 7) is 2.98. The molecule has 0 bridgehead atoms. The predicted octanol–water partition coefficient (Wildman–Crippen LogP) is 3.39. The van der Waals surface area contributed by atoms with Gasteiger partial charge in [-0.1, -0.05) is 30.1 Å². The van der Waals surface area contributed by atoms with Gasteiger partial charge < -0.3 is 9.47 Å². The Labute approximate surface area is 177 Å². The van der Waals surface area contributed by atoms with Gasteiger partial charge in [-0.05, 0) is 18.6 Å². The minimum Gasteiger partial charge on any atom is -0.456 e. The van der Waals surface area contributed by atoms with Gasteiger partial charge in [0.15, 0.2) is 0 Å². The molecular weight excluding hydrogens is 447 g/mol. The molecule has 0 unspecified atom stereocenters. The molecule has 1 aliphatic rings. The first kappa shape index (κ1) is 21.5. The average Bonchev–Trinajstić information content (AvgIpc) is 3.15. The van der Waals surface area contributed by atoms with E-state index >= 15 is 0 Å². The van der Waals surface area contributed by atoms with E-state index in [9.17, 15) is 13.2 Å². The summed E-state index contributed by atoms with van der Waals surface area (Å²) in [4.78, 5) is 16.6. The SMILES string of the molecule is CCc1nc(COC(=O)c2cc(S(=O)(=O)N3CCOCC3)c(Cl)cc2Cl)cs1. The van der Waals surface area contributed by atoms with Crippen molar-refractivity contribution >= 4 is 50.5 Å². The smallest absolute Gasteiger partial charge is 0.340 e. The Kier molecular flexibility index (Phi) is 6.95. The van der Waals surface area contributed by atoms with Crippen LogP contribution in [-0.4, -0.2) is 50.0 Å². The lowest BCUT2D eigenvalue weighted by Gasteiger charge is -2.26. The maximum atomic E-state index is 12.9. The number of nitrogens with zero attached hydrogens (tertiary/aromatic N) is 2. The third-order valence-corrected chi connectivity index (χ3v) is 7.80. The van der Waals surface area contributed by atoms with Gasteiger partial charge in [0, 0.05) is 18.5 Å². The first-order valence-corrected chi connectivity index (χ1v) is 11.6. The first-order chi connectivity index (χ1) is 13.3. The lowest BCUT2D eigenvalue weighted by molar-refractivity contribution is 0.0468. The Balaban J connectivity index is 1.83. The number of carbonyl (C=O) groups is 1. The number of sulfonamides is 1. The highest BCUT2D eigenvalue weighted by atomic mass is 35.5. The number of aromatic nitrogens is 1. The summed E-state index contributed by atoms with van der Waals surface area (Å²) in [6, 6.07) is 2.40. The van der Waals surface area contributed by atoms with E-state index in [1.165, 1.54) is 21.7 Å². The summed E-state index contributed by atoms with van der Waals surface area (Å²) < 4.78 is 37.5. The van der Waals surface area contributed by atoms with Gasteiger partial charge in [0.2, 0.25) is 10.0 Å². The van der Waals surface area contributed by atoms with E-state index in [4.69, 9.17) is 32.7 Å². The fourth-order valence-electron chi connectivity index (χ4n) is 2.60. The molecule has 7 nitrogen and oxygen atoms in total. The number of aryl methyl sites for hydroxylation is 1. The molecule has 0 atom stereocenters. The summed E-state index contributed by atoms with van der Waals surface area (Å²) in [5.74, 6) is -0.744. The van der Waals surface area contributed by atoms with Crippen molar-refractivity contribution in [1.29, 1.82) is 0 Å². The van der Waals surface area contributed by atoms with Crippen LogP contribution in [0.5, 0.6) is 0 Å². The van der Waals surface area contributed by atoms with Crippen LogP contribution in [0.2, 0.25) is 10.0 Å². The number of benzene rings is 1. The zero-order valence-electron chi connectivity index (χ0n) is 15.0. The van der Waals surface area contributed by atoms with E-state index in [1.807, 2.05) is 12.3 Å². The number of halogens is 2. The van der Waals surface area contributed by atoms with Crippen molar-refractivity contribution in [3.8, 4) is 0 Å². The van der Waals surface area contributed by atoms with Crippen LogP contribution in [0.3, 0.4) is 0 Å². The van der Waals surface area contributed by atoms with Gasteiger partial charge >= 0.3 is 5.97 Å². The lowest BCUT2D eigenvalue weighted by Crippen LogP contribution is -2.40. The lowest BCUT2D eigenvalue weighted by atomic mass is 10.2. The Morgan fingerprint density at radius 1 is 1.29 bits per heavy atom. The molecule has 1 aliphatic heterocycles. The normalized spacial score (nSPS) is 15.5. The number of thiazole rings is 1. The van der Waals surface area contributed by atoms with Gasteiger partial charge in [0.05, 0.1) is 39.5 Å². The number of hydrogen-bond donors (Lipinski definition) is 0. The Hall–Kier alpha value is -1.23. The van der Waals surface area contributed by atoms with Crippen LogP contribution in [0.4, 0.5) is 0 Å². The molecule has 1 saturated heterocycles. The second kappa shape index (κ2) is 9.06. The van der Waals surface area contributed by atoms with Gasteiger partial charge in [0.1, 0.15) is 11.5 Å². The highest BCUT2D eigenvalue weighted by Gasteiger charge is 2.30. The number of esters is 1. The van der Waals surface area contributed by atoms with Crippen LogP contribution in [0.1, 0.15) is 28.0 Å². The molecule has 0 radical (unpaired) electrons. The second-order valence-electron chi connectivity index (χ2n) is 5.94. The fraction of sp³-hybridized carbons (Fsp3) is 0.412. The van der Waals surface area contributed by atoms with E-state index in [0.717, 1.165) is 17.5 Å². The molecule has 1 aromatic carbocycles. The zero-order chi connectivity index (χ0) is 20.3. The molecule has 3 rings (SSSR count). The van der Waals surface area contributed by atoms with E-state index in [1.54, 1.807) is 0 Å². The number of carbonyl (C=O) groups excluding carboxylic acids is 1. The number of ether oxygens (including phenoxy) is 2. The van der Waals surface area contributed by atoms with Crippen LogP contribution >= 0.6 is 34.5 Å². The minimum absolute atomic E-state index is 0.0171.